The molecule has 1 aliphatic rings. The summed E-state index contributed by atoms with van der Waals surface area (Å²) in [4.78, 5) is 12.1. The van der Waals surface area contributed by atoms with Crippen LogP contribution in [0.2, 0.25) is 0 Å². The molecule has 0 radical (unpaired) electrons. The second-order valence-electron chi connectivity index (χ2n) is 5.28. The molecule has 0 bridgehead atoms. The zero-order valence-electron chi connectivity index (χ0n) is 11.5. The molecule has 1 aromatic rings. The standard InChI is InChI=1S/C15H20FNO2/c1-11-8-12(16)10-13(9-11)17-15(14(18)19-2)6-4-3-5-7-15/h8-10,17H,3-7H2,1-2H3. The van der Waals surface area contributed by atoms with Crippen molar-refractivity contribution in [3.63, 3.8) is 0 Å². The van der Waals surface area contributed by atoms with Crippen molar-refractivity contribution in [2.45, 2.75) is 44.6 Å². The molecule has 0 spiro atoms. The molecule has 1 aliphatic carbocycles. The monoisotopic (exact) mass is 265 g/mol. The van der Waals surface area contributed by atoms with Crippen molar-refractivity contribution < 1.29 is 13.9 Å². The van der Waals surface area contributed by atoms with Gasteiger partial charge in [-0.1, -0.05) is 19.3 Å². The van der Waals surface area contributed by atoms with Crippen LogP contribution in [0.1, 0.15) is 37.7 Å². The van der Waals surface area contributed by atoms with Crippen LogP contribution in [0.15, 0.2) is 18.2 Å². The molecular weight excluding hydrogens is 245 g/mol. The minimum atomic E-state index is -0.701. The lowest BCUT2D eigenvalue weighted by Crippen LogP contribution is -2.48. The third-order valence-corrected chi connectivity index (χ3v) is 3.71. The van der Waals surface area contributed by atoms with Gasteiger partial charge >= 0.3 is 5.97 Å². The van der Waals surface area contributed by atoms with Gasteiger partial charge in [-0.2, -0.15) is 0 Å². The molecule has 1 fully saturated rings. The van der Waals surface area contributed by atoms with Gasteiger partial charge in [-0.15, -0.1) is 0 Å². The molecule has 0 unspecified atom stereocenters. The minimum absolute atomic E-state index is 0.255. The van der Waals surface area contributed by atoms with Gasteiger partial charge in [0.1, 0.15) is 11.4 Å². The highest BCUT2D eigenvalue weighted by Crippen LogP contribution is 2.33. The Bertz CT molecular complexity index is 447. The molecule has 0 amide bonds. The third-order valence-electron chi connectivity index (χ3n) is 3.71. The highest BCUT2D eigenvalue weighted by Gasteiger charge is 2.40. The van der Waals surface area contributed by atoms with Crippen LogP contribution in [-0.4, -0.2) is 18.6 Å². The highest BCUT2D eigenvalue weighted by atomic mass is 19.1. The van der Waals surface area contributed by atoms with Gasteiger partial charge in [-0.25, -0.2) is 9.18 Å². The van der Waals surface area contributed by atoms with Gasteiger partial charge in [-0.05, 0) is 43.5 Å². The second kappa shape index (κ2) is 5.59. The predicted molar refractivity (Wildman–Crippen MR) is 72.6 cm³/mol. The van der Waals surface area contributed by atoms with Crippen LogP contribution in [0.4, 0.5) is 10.1 Å². The van der Waals surface area contributed by atoms with E-state index >= 15 is 0 Å². The number of benzene rings is 1. The number of methoxy groups -OCH3 is 1. The zero-order chi connectivity index (χ0) is 13.9. The first-order chi connectivity index (χ1) is 9.05. The highest BCUT2D eigenvalue weighted by molar-refractivity contribution is 5.84. The van der Waals surface area contributed by atoms with Gasteiger partial charge in [0.15, 0.2) is 0 Å². The Morgan fingerprint density at radius 3 is 2.53 bits per heavy atom. The maximum absolute atomic E-state index is 13.4. The van der Waals surface area contributed by atoms with Crippen LogP contribution in [0.5, 0.6) is 0 Å². The van der Waals surface area contributed by atoms with Gasteiger partial charge in [0.2, 0.25) is 0 Å². The summed E-state index contributed by atoms with van der Waals surface area (Å²) in [6.07, 6.45) is 4.56. The van der Waals surface area contributed by atoms with E-state index in [4.69, 9.17) is 4.74 Å². The molecule has 0 aromatic heterocycles. The predicted octanol–water partition coefficient (Wildman–Crippen LogP) is 3.42. The van der Waals surface area contributed by atoms with E-state index in [1.54, 1.807) is 0 Å². The molecule has 3 nitrogen and oxygen atoms in total. The molecule has 19 heavy (non-hydrogen) atoms. The maximum Gasteiger partial charge on any atom is 0.331 e. The lowest BCUT2D eigenvalue weighted by atomic mass is 9.81. The summed E-state index contributed by atoms with van der Waals surface area (Å²) in [7, 11) is 1.40. The summed E-state index contributed by atoms with van der Waals surface area (Å²) in [5.74, 6) is -0.549. The van der Waals surface area contributed by atoms with Gasteiger partial charge in [0.25, 0.3) is 0 Å². The Morgan fingerprint density at radius 2 is 1.95 bits per heavy atom. The molecule has 2 rings (SSSR count). The van der Waals surface area contributed by atoms with Gasteiger partial charge in [-0.3, -0.25) is 0 Å². The number of halogens is 1. The minimum Gasteiger partial charge on any atom is -0.467 e. The first-order valence-electron chi connectivity index (χ1n) is 6.69. The molecule has 104 valence electrons. The lowest BCUT2D eigenvalue weighted by Gasteiger charge is -2.36. The number of ether oxygens (including phenoxy) is 1. The fraction of sp³-hybridized carbons (Fsp3) is 0.533. The fourth-order valence-corrected chi connectivity index (χ4v) is 2.82. The Balaban J connectivity index is 2.27. The van der Waals surface area contributed by atoms with Crippen LogP contribution in [-0.2, 0) is 9.53 Å². The van der Waals surface area contributed by atoms with E-state index in [0.717, 1.165) is 37.7 Å². The Labute approximate surface area is 113 Å². The number of carbonyl (C=O) groups excluding carboxylic acids is 1. The fourth-order valence-electron chi connectivity index (χ4n) is 2.82. The lowest BCUT2D eigenvalue weighted by molar-refractivity contribution is -0.147. The molecule has 0 saturated heterocycles. The summed E-state index contributed by atoms with van der Waals surface area (Å²) in [6.45, 7) is 1.83. The van der Waals surface area contributed by atoms with Crippen molar-refractivity contribution in [2.24, 2.45) is 0 Å². The Kier molecular flexibility index (Phi) is 4.08. The Hall–Kier alpha value is -1.58. The zero-order valence-corrected chi connectivity index (χ0v) is 11.5. The summed E-state index contributed by atoms with van der Waals surface area (Å²) < 4.78 is 18.4. The number of anilines is 1. The second-order valence-corrected chi connectivity index (χ2v) is 5.28. The molecule has 0 heterocycles. The van der Waals surface area contributed by atoms with Crippen LogP contribution in [0.3, 0.4) is 0 Å². The number of rotatable bonds is 3. The number of aryl methyl sites for hydroxylation is 1. The number of esters is 1. The van der Waals surface area contributed by atoms with E-state index in [2.05, 4.69) is 5.32 Å². The largest absolute Gasteiger partial charge is 0.467 e. The molecular formula is C15H20FNO2. The van der Waals surface area contributed by atoms with Crippen molar-refractivity contribution in [1.29, 1.82) is 0 Å². The summed E-state index contributed by atoms with van der Waals surface area (Å²) in [5, 5.41) is 3.21. The molecule has 0 aliphatic heterocycles. The van der Waals surface area contributed by atoms with Gasteiger partial charge in [0, 0.05) is 5.69 Å². The quantitative estimate of drug-likeness (QED) is 0.851. The van der Waals surface area contributed by atoms with E-state index in [1.165, 1.54) is 19.2 Å². The Morgan fingerprint density at radius 1 is 1.26 bits per heavy atom. The number of carbonyl (C=O) groups is 1. The van der Waals surface area contributed by atoms with Crippen LogP contribution in [0, 0.1) is 12.7 Å². The maximum atomic E-state index is 13.4. The SMILES string of the molecule is COC(=O)C1(Nc2cc(C)cc(F)c2)CCCCC1. The first kappa shape index (κ1) is 13.8. The van der Waals surface area contributed by atoms with Gasteiger partial charge in [0.05, 0.1) is 7.11 Å². The van der Waals surface area contributed by atoms with E-state index in [0.29, 0.717) is 5.69 Å². The summed E-state index contributed by atoms with van der Waals surface area (Å²) >= 11 is 0. The summed E-state index contributed by atoms with van der Waals surface area (Å²) in [5.41, 5.74) is 0.774. The average Bonchev–Trinajstić information content (AvgIpc) is 2.37. The van der Waals surface area contributed by atoms with E-state index in [1.807, 2.05) is 13.0 Å². The van der Waals surface area contributed by atoms with Crippen LogP contribution >= 0.6 is 0 Å². The topological polar surface area (TPSA) is 38.3 Å². The van der Waals surface area contributed by atoms with Crippen LogP contribution in [0.25, 0.3) is 0 Å². The number of hydrogen-bond acceptors (Lipinski definition) is 3. The van der Waals surface area contributed by atoms with E-state index < -0.39 is 5.54 Å². The number of hydrogen-bond donors (Lipinski definition) is 1. The molecule has 1 saturated carbocycles. The van der Waals surface area contributed by atoms with Crippen molar-refractivity contribution in [2.75, 3.05) is 12.4 Å². The third kappa shape index (κ3) is 3.06. The average molecular weight is 265 g/mol. The number of nitrogens with one attached hydrogen (secondary N) is 1. The molecule has 1 aromatic carbocycles. The normalized spacial score (nSPS) is 17.8. The van der Waals surface area contributed by atoms with Crippen molar-refractivity contribution in [3.8, 4) is 0 Å². The van der Waals surface area contributed by atoms with E-state index in [-0.39, 0.29) is 11.8 Å². The van der Waals surface area contributed by atoms with Crippen molar-refractivity contribution >= 4 is 11.7 Å². The molecule has 1 N–H and O–H groups in total. The molecule has 0 atom stereocenters. The first-order valence-corrected chi connectivity index (χ1v) is 6.69. The van der Waals surface area contributed by atoms with Crippen molar-refractivity contribution in [1.82, 2.24) is 0 Å². The molecule has 4 heteroatoms. The van der Waals surface area contributed by atoms with E-state index in [9.17, 15) is 9.18 Å². The van der Waals surface area contributed by atoms with Crippen LogP contribution < -0.4 is 5.32 Å². The summed E-state index contributed by atoms with van der Waals surface area (Å²) in [6, 6.07) is 4.74. The smallest absolute Gasteiger partial charge is 0.331 e. The van der Waals surface area contributed by atoms with Crippen molar-refractivity contribution in [3.05, 3.63) is 29.6 Å². The van der Waals surface area contributed by atoms with Gasteiger partial charge < -0.3 is 10.1 Å².